The SMILES string of the molecule is Cc1ccc(C(=O)CS(=O)c2cccs2)cc1. The average Bonchev–Trinajstić information content (AvgIpc) is 2.83. The van der Waals surface area contributed by atoms with Crippen LogP contribution in [0.2, 0.25) is 0 Å². The van der Waals surface area contributed by atoms with Crippen LogP contribution in [0.1, 0.15) is 15.9 Å². The molecule has 1 aromatic carbocycles. The lowest BCUT2D eigenvalue weighted by molar-refractivity contribution is 0.102. The number of benzene rings is 1. The number of carbonyl (C=O) groups excluding carboxylic acids is 1. The first-order chi connectivity index (χ1) is 8.16. The van der Waals surface area contributed by atoms with Crippen molar-refractivity contribution in [3.63, 3.8) is 0 Å². The van der Waals surface area contributed by atoms with E-state index in [9.17, 15) is 9.00 Å². The summed E-state index contributed by atoms with van der Waals surface area (Å²) in [6.07, 6.45) is 0. The molecular formula is C13H12O2S2. The van der Waals surface area contributed by atoms with Gasteiger partial charge in [0.05, 0.1) is 20.8 Å². The zero-order chi connectivity index (χ0) is 12.3. The molecule has 1 atom stereocenters. The topological polar surface area (TPSA) is 34.1 Å². The van der Waals surface area contributed by atoms with E-state index in [0.717, 1.165) is 9.77 Å². The molecule has 4 heteroatoms. The Bertz CT molecular complexity index is 527. The van der Waals surface area contributed by atoms with Crippen LogP contribution < -0.4 is 0 Å². The van der Waals surface area contributed by atoms with E-state index in [4.69, 9.17) is 0 Å². The standard InChI is InChI=1S/C13H12O2S2/c1-10-4-6-11(7-5-10)12(14)9-17(15)13-3-2-8-16-13/h2-8H,9H2,1H3. The predicted octanol–water partition coefficient (Wildman–Crippen LogP) is 3.05. The van der Waals surface area contributed by atoms with Gasteiger partial charge < -0.3 is 0 Å². The first-order valence-electron chi connectivity index (χ1n) is 5.18. The van der Waals surface area contributed by atoms with E-state index in [1.807, 2.05) is 30.5 Å². The Morgan fingerprint density at radius 2 is 1.94 bits per heavy atom. The third-order valence-electron chi connectivity index (χ3n) is 2.36. The molecule has 2 nitrogen and oxygen atoms in total. The predicted molar refractivity (Wildman–Crippen MR) is 71.1 cm³/mol. The van der Waals surface area contributed by atoms with Crippen LogP contribution in [0.4, 0.5) is 0 Å². The van der Waals surface area contributed by atoms with Gasteiger partial charge in [0.15, 0.2) is 5.78 Å². The quantitative estimate of drug-likeness (QED) is 0.795. The number of ketones is 1. The highest BCUT2D eigenvalue weighted by atomic mass is 32.2. The molecule has 0 aliphatic rings. The molecular weight excluding hydrogens is 252 g/mol. The minimum Gasteiger partial charge on any atom is -0.293 e. The molecule has 2 aromatic rings. The maximum atomic E-state index is 11.9. The van der Waals surface area contributed by atoms with Crippen LogP contribution in [-0.4, -0.2) is 15.7 Å². The van der Waals surface area contributed by atoms with Crippen molar-refractivity contribution in [2.75, 3.05) is 5.75 Å². The van der Waals surface area contributed by atoms with E-state index in [1.54, 1.807) is 18.2 Å². The molecule has 88 valence electrons. The molecule has 0 N–H and O–H groups in total. The largest absolute Gasteiger partial charge is 0.293 e. The molecule has 0 fully saturated rings. The van der Waals surface area contributed by atoms with Crippen molar-refractivity contribution in [1.82, 2.24) is 0 Å². The monoisotopic (exact) mass is 264 g/mol. The van der Waals surface area contributed by atoms with Gasteiger partial charge in [-0.2, -0.15) is 0 Å². The normalized spacial score (nSPS) is 12.3. The maximum Gasteiger partial charge on any atom is 0.175 e. The summed E-state index contributed by atoms with van der Waals surface area (Å²) in [5.74, 6) is -0.0134. The molecule has 0 saturated carbocycles. The van der Waals surface area contributed by atoms with E-state index in [-0.39, 0.29) is 11.5 Å². The molecule has 0 radical (unpaired) electrons. The molecule has 1 unspecified atom stereocenters. The summed E-state index contributed by atoms with van der Waals surface area (Å²) in [5.41, 5.74) is 1.74. The van der Waals surface area contributed by atoms with E-state index in [1.165, 1.54) is 11.3 Å². The van der Waals surface area contributed by atoms with Gasteiger partial charge >= 0.3 is 0 Å². The second-order valence-electron chi connectivity index (χ2n) is 3.71. The van der Waals surface area contributed by atoms with Crippen LogP contribution in [0.25, 0.3) is 0 Å². The summed E-state index contributed by atoms with van der Waals surface area (Å²) in [7, 11) is -1.22. The minimum absolute atomic E-state index is 0.0591. The molecule has 0 bridgehead atoms. The van der Waals surface area contributed by atoms with Gasteiger partial charge in [0.25, 0.3) is 0 Å². The highest BCUT2D eigenvalue weighted by molar-refractivity contribution is 7.88. The molecule has 0 aliphatic carbocycles. The number of aryl methyl sites for hydroxylation is 1. The molecule has 1 heterocycles. The van der Waals surface area contributed by atoms with Crippen molar-refractivity contribution in [1.29, 1.82) is 0 Å². The Balaban J connectivity index is 2.07. The lowest BCUT2D eigenvalue weighted by Gasteiger charge is -2.00. The number of thiophene rings is 1. The lowest BCUT2D eigenvalue weighted by Crippen LogP contribution is -2.10. The Labute approximate surface area is 107 Å². The van der Waals surface area contributed by atoms with Crippen molar-refractivity contribution in [2.24, 2.45) is 0 Å². The smallest absolute Gasteiger partial charge is 0.175 e. The fraction of sp³-hybridized carbons (Fsp3) is 0.154. The van der Waals surface area contributed by atoms with E-state index in [2.05, 4.69) is 0 Å². The highest BCUT2D eigenvalue weighted by Crippen LogP contribution is 2.15. The number of hydrogen-bond acceptors (Lipinski definition) is 3. The first-order valence-corrected chi connectivity index (χ1v) is 7.38. The average molecular weight is 264 g/mol. The molecule has 0 spiro atoms. The fourth-order valence-corrected chi connectivity index (χ4v) is 3.40. The summed E-state index contributed by atoms with van der Waals surface area (Å²) in [4.78, 5) is 11.9. The summed E-state index contributed by atoms with van der Waals surface area (Å²) in [6, 6.07) is 11.0. The van der Waals surface area contributed by atoms with Crippen LogP contribution in [0.3, 0.4) is 0 Å². The van der Waals surface area contributed by atoms with Crippen molar-refractivity contribution < 1.29 is 9.00 Å². The molecule has 17 heavy (non-hydrogen) atoms. The van der Waals surface area contributed by atoms with Gasteiger partial charge in [0, 0.05) is 5.56 Å². The summed E-state index contributed by atoms with van der Waals surface area (Å²) >= 11 is 1.42. The zero-order valence-electron chi connectivity index (χ0n) is 9.38. The maximum absolute atomic E-state index is 11.9. The van der Waals surface area contributed by atoms with Crippen molar-refractivity contribution in [3.05, 3.63) is 52.9 Å². The second kappa shape index (κ2) is 5.38. The van der Waals surface area contributed by atoms with Gasteiger partial charge in [0.1, 0.15) is 0 Å². The Morgan fingerprint density at radius 1 is 1.24 bits per heavy atom. The van der Waals surface area contributed by atoms with Crippen molar-refractivity contribution in [2.45, 2.75) is 11.1 Å². The molecule has 2 rings (SSSR count). The van der Waals surface area contributed by atoms with Gasteiger partial charge in [-0.3, -0.25) is 9.00 Å². The van der Waals surface area contributed by atoms with Gasteiger partial charge in [-0.1, -0.05) is 35.9 Å². The van der Waals surface area contributed by atoms with Gasteiger partial charge in [0.2, 0.25) is 0 Å². The Kier molecular flexibility index (Phi) is 3.86. The van der Waals surface area contributed by atoms with Crippen molar-refractivity contribution >= 4 is 27.9 Å². The third kappa shape index (κ3) is 3.11. The highest BCUT2D eigenvalue weighted by Gasteiger charge is 2.12. The summed E-state index contributed by atoms with van der Waals surface area (Å²) in [5, 5.41) is 1.86. The van der Waals surface area contributed by atoms with Gasteiger partial charge in [-0.15, -0.1) is 11.3 Å². The van der Waals surface area contributed by atoms with E-state index >= 15 is 0 Å². The number of Topliss-reactive ketones (excluding diaryl/α,β-unsaturated/α-hetero) is 1. The van der Waals surface area contributed by atoms with Crippen LogP contribution in [-0.2, 0) is 10.8 Å². The Morgan fingerprint density at radius 3 is 2.53 bits per heavy atom. The second-order valence-corrected chi connectivity index (χ2v) is 6.34. The number of hydrogen-bond donors (Lipinski definition) is 0. The number of rotatable bonds is 4. The first kappa shape index (κ1) is 12.2. The van der Waals surface area contributed by atoms with E-state index < -0.39 is 10.8 Å². The molecule has 1 aromatic heterocycles. The summed E-state index contributed by atoms with van der Waals surface area (Å²) < 4.78 is 12.6. The minimum atomic E-state index is -1.22. The van der Waals surface area contributed by atoms with Crippen LogP contribution in [0.15, 0.2) is 46.0 Å². The van der Waals surface area contributed by atoms with Crippen LogP contribution in [0.5, 0.6) is 0 Å². The summed E-state index contributed by atoms with van der Waals surface area (Å²) in [6.45, 7) is 1.97. The third-order valence-corrected chi connectivity index (χ3v) is 4.97. The molecule has 0 saturated heterocycles. The zero-order valence-corrected chi connectivity index (χ0v) is 11.0. The fourth-order valence-electron chi connectivity index (χ4n) is 1.41. The molecule has 0 amide bonds. The van der Waals surface area contributed by atoms with Gasteiger partial charge in [-0.25, -0.2) is 0 Å². The van der Waals surface area contributed by atoms with Crippen LogP contribution >= 0.6 is 11.3 Å². The molecule has 0 aliphatic heterocycles. The number of carbonyl (C=O) groups is 1. The van der Waals surface area contributed by atoms with Crippen molar-refractivity contribution in [3.8, 4) is 0 Å². The van der Waals surface area contributed by atoms with Gasteiger partial charge in [-0.05, 0) is 18.4 Å². The lowest BCUT2D eigenvalue weighted by atomic mass is 10.1. The Hall–Kier alpha value is -1.26. The van der Waals surface area contributed by atoms with E-state index in [0.29, 0.717) is 5.56 Å². The van der Waals surface area contributed by atoms with Crippen LogP contribution in [0, 0.1) is 6.92 Å².